The molecular weight excluding hydrogens is 322 g/mol. The maximum atomic E-state index is 12.8. The van der Waals surface area contributed by atoms with E-state index in [0.29, 0.717) is 18.5 Å². The lowest BCUT2D eigenvalue weighted by atomic mass is 10.0. The average molecular weight is 356 g/mol. The first kappa shape index (κ1) is 18.0. The second-order valence-electron chi connectivity index (χ2n) is 8.57. The predicted octanol–water partition coefficient (Wildman–Crippen LogP) is 3.12. The standard InChI is InChI=1S/C22H33N3O/c1-17-6-8-18(9-7-17)22(19-10-11-19)23-21(26)16-24-12-4-5-20(15-24)25-13-2-3-14-25/h6-9,19-20,22H,2-5,10-16H2,1H3,(H,23,26). The van der Waals surface area contributed by atoms with Crippen LogP contribution in [0.25, 0.3) is 0 Å². The molecular formula is C22H33N3O. The minimum absolute atomic E-state index is 0.197. The molecule has 1 amide bonds. The van der Waals surface area contributed by atoms with E-state index in [1.165, 1.54) is 62.7 Å². The molecule has 0 radical (unpaired) electrons. The van der Waals surface area contributed by atoms with E-state index in [-0.39, 0.29) is 11.9 Å². The number of carbonyl (C=O) groups excluding carboxylic acids is 1. The van der Waals surface area contributed by atoms with Gasteiger partial charge in [-0.1, -0.05) is 29.8 Å². The number of benzene rings is 1. The van der Waals surface area contributed by atoms with Crippen molar-refractivity contribution in [2.45, 2.75) is 57.5 Å². The number of aryl methyl sites for hydroxylation is 1. The molecule has 0 aromatic heterocycles. The summed E-state index contributed by atoms with van der Waals surface area (Å²) in [6, 6.07) is 9.54. The summed E-state index contributed by atoms with van der Waals surface area (Å²) in [5, 5.41) is 3.35. The maximum absolute atomic E-state index is 12.8. The quantitative estimate of drug-likeness (QED) is 0.852. The number of piperidine rings is 1. The molecule has 2 unspecified atom stereocenters. The SMILES string of the molecule is Cc1ccc(C(NC(=O)CN2CCCC(N3CCCC3)C2)C2CC2)cc1. The Morgan fingerprint density at radius 2 is 1.81 bits per heavy atom. The Bertz CT molecular complexity index is 604. The first-order valence-electron chi connectivity index (χ1n) is 10.5. The van der Waals surface area contributed by atoms with Crippen molar-refractivity contribution in [3.05, 3.63) is 35.4 Å². The van der Waals surface area contributed by atoms with Crippen molar-refractivity contribution in [2.75, 3.05) is 32.7 Å². The molecule has 1 aromatic rings. The zero-order valence-corrected chi connectivity index (χ0v) is 16.1. The topological polar surface area (TPSA) is 35.6 Å². The zero-order chi connectivity index (χ0) is 17.9. The fourth-order valence-electron chi connectivity index (χ4n) is 4.68. The summed E-state index contributed by atoms with van der Waals surface area (Å²) in [5.74, 6) is 0.824. The highest BCUT2D eigenvalue weighted by Crippen LogP contribution is 2.41. The monoisotopic (exact) mass is 355 g/mol. The highest BCUT2D eigenvalue weighted by Gasteiger charge is 2.34. The largest absolute Gasteiger partial charge is 0.348 e. The second-order valence-corrected chi connectivity index (χ2v) is 8.57. The number of amides is 1. The summed E-state index contributed by atoms with van der Waals surface area (Å²) >= 11 is 0. The first-order valence-corrected chi connectivity index (χ1v) is 10.5. The molecule has 0 bridgehead atoms. The Balaban J connectivity index is 1.32. The van der Waals surface area contributed by atoms with E-state index >= 15 is 0 Å². The van der Waals surface area contributed by atoms with Gasteiger partial charge in [0.15, 0.2) is 0 Å². The van der Waals surface area contributed by atoms with Crippen LogP contribution in [-0.4, -0.2) is 54.5 Å². The van der Waals surface area contributed by atoms with Crippen molar-refractivity contribution in [2.24, 2.45) is 5.92 Å². The summed E-state index contributed by atoms with van der Waals surface area (Å²) in [7, 11) is 0. The Morgan fingerprint density at radius 1 is 1.08 bits per heavy atom. The molecule has 1 saturated carbocycles. The molecule has 4 rings (SSSR count). The summed E-state index contributed by atoms with van der Waals surface area (Å²) in [5.41, 5.74) is 2.54. The van der Waals surface area contributed by atoms with Gasteiger partial charge in [0.25, 0.3) is 0 Å². The fraction of sp³-hybridized carbons (Fsp3) is 0.682. The van der Waals surface area contributed by atoms with Gasteiger partial charge in [-0.25, -0.2) is 0 Å². The Hall–Kier alpha value is -1.39. The van der Waals surface area contributed by atoms with E-state index in [2.05, 4.69) is 46.3 Å². The number of rotatable bonds is 6. The van der Waals surface area contributed by atoms with Crippen LogP contribution in [0.2, 0.25) is 0 Å². The van der Waals surface area contributed by atoms with Crippen LogP contribution < -0.4 is 5.32 Å². The van der Waals surface area contributed by atoms with Crippen LogP contribution in [0.3, 0.4) is 0 Å². The maximum Gasteiger partial charge on any atom is 0.234 e. The van der Waals surface area contributed by atoms with Crippen molar-refractivity contribution >= 4 is 5.91 Å². The van der Waals surface area contributed by atoms with Crippen molar-refractivity contribution in [3.63, 3.8) is 0 Å². The normalized spacial score (nSPS) is 26.0. The molecule has 26 heavy (non-hydrogen) atoms. The van der Waals surface area contributed by atoms with Crippen LogP contribution in [-0.2, 0) is 4.79 Å². The van der Waals surface area contributed by atoms with Crippen molar-refractivity contribution in [1.29, 1.82) is 0 Å². The lowest BCUT2D eigenvalue weighted by Crippen LogP contribution is -2.50. The molecule has 4 heteroatoms. The van der Waals surface area contributed by atoms with Gasteiger partial charge in [0.05, 0.1) is 12.6 Å². The van der Waals surface area contributed by atoms with Crippen LogP contribution in [0.5, 0.6) is 0 Å². The van der Waals surface area contributed by atoms with Crippen LogP contribution in [0.15, 0.2) is 24.3 Å². The summed E-state index contributed by atoms with van der Waals surface area (Å²) in [6.45, 7) is 7.30. The average Bonchev–Trinajstić information content (AvgIpc) is 3.34. The van der Waals surface area contributed by atoms with Gasteiger partial charge in [0.1, 0.15) is 0 Å². The minimum atomic E-state index is 0.197. The van der Waals surface area contributed by atoms with Gasteiger partial charge in [0, 0.05) is 12.6 Å². The number of hydrogen-bond acceptors (Lipinski definition) is 3. The molecule has 4 nitrogen and oxygen atoms in total. The van der Waals surface area contributed by atoms with E-state index in [1.54, 1.807) is 0 Å². The molecule has 142 valence electrons. The van der Waals surface area contributed by atoms with Crippen LogP contribution in [0.4, 0.5) is 0 Å². The van der Waals surface area contributed by atoms with Gasteiger partial charge < -0.3 is 5.32 Å². The molecule has 2 saturated heterocycles. The highest BCUT2D eigenvalue weighted by atomic mass is 16.2. The summed E-state index contributed by atoms with van der Waals surface area (Å²) in [4.78, 5) is 17.8. The van der Waals surface area contributed by atoms with Crippen LogP contribution >= 0.6 is 0 Å². The third kappa shape index (κ3) is 4.47. The third-order valence-electron chi connectivity index (χ3n) is 6.35. The van der Waals surface area contributed by atoms with Gasteiger partial charge in [-0.05, 0) is 76.6 Å². The fourth-order valence-corrected chi connectivity index (χ4v) is 4.68. The summed E-state index contributed by atoms with van der Waals surface area (Å²) in [6.07, 6.45) is 7.68. The summed E-state index contributed by atoms with van der Waals surface area (Å²) < 4.78 is 0. The smallest absolute Gasteiger partial charge is 0.234 e. The van der Waals surface area contributed by atoms with Gasteiger partial charge in [-0.2, -0.15) is 0 Å². The van der Waals surface area contributed by atoms with Gasteiger partial charge in [-0.3, -0.25) is 14.6 Å². The molecule has 3 aliphatic rings. The van der Waals surface area contributed by atoms with E-state index < -0.39 is 0 Å². The lowest BCUT2D eigenvalue weighted by Gasteiger charge is -2.37. The first-order chi connectivity index (χ1) is 12.7. The van der Waals surface area contributed by atoms with Gasteiger partial charge in [0.2, 0.25) is 5.91 Å². The molecule has 2 heterocycles. The highest BCUT2D eigenvalue weighted by molar-refractivity contribution is 5.78. The van der Waals surface area contributed by atoms with Gasteiger partial charge in [-0.15, -0.1) is 0 Å². The molecule has 1 aromatic carbocycles. The minimum Gasteiger partial charge on any atom is -0.348 e. The lowest BCUT2D eigenvalue weighted by molar-refractivity contribution is -0.123. The number of carbonyl (C=O) groups is 1. The van der Waals surface area contributed by atoms with Gasteiger partial charge >= 0.3 is 0 Å². The number of nitrogens with one attached hydrogen (secondary N) is 1. The molecule has 1 aliphatic carbocycles. The Labute approximate surface area is 157 Å². The molecule has 3 fully saturated rings. The zero-order valence-electron chi connectivity index (χ0n) is 16.1. The van der Waals surface area contributed by atoms with E-state index in [1.807, 2.05) is 0 Å². The van der Waals surface area contributed by atoms with E-state index in [4.69, 9.17) is 0 Å². The number of hydrogen-bond donors (Lipinski definition) is 1. The molecule has 1 N–H and O–H groups in total. The van der Waals surface area contributed by atoms with Crippen LogP contribution in [0, 0.1) is 12.8 Å². The Morgan fingerprint density at radius 3 is 2.50 bits per heavy atom. The van der Waals surface area contributed by atoms with E-state index in [9.17, 15) is 4.79 Å². The molecule has 2 aliphatic heterocycles. The molecule has 0 spiro atoms. The van der Waals surface area contributed by atoms with Crippen molar-refractivity contribution in [3.8, 4) is 0 Å². The molecule has 2 atom stereocenters. The Kier molecular flexibility index (Phi) is 5.60. The van der Waals surface area contributed by atoms with Crippen molar-refractivity contribution < 1.29 is 4.79 Å². The number of nitrogens with zero attached hydrogens (tertiary/aromatic N) is 2. The number of likely N-dealkylation sites (tertiary alicyclic amines) is 2. The van der Waals surface area contributed by atoms with E-state index in [0.717, 1.165) is 13.1 Å². The predicted molar refractivity (Wildman–Crippen MR) is 105 cm³/mol. The van der Waals surface area contributed by atoms with Crippen molar-refractivity contribution in [1.82, 2.24) is 15.1 Å². The second kappa shape index (κ2) is 8.10. The third-order valence-corrected chi connectivity index (χ3v) is 6.35. The van der Waals surface area contributed by atoms with Crippen LogP contribution in [0.1, 0.15) is 55.7 Å².